The maximum absolute atomic E-state index is 4.32. The first kappa shape index (κ1) is 15.0. The van der Waals surface area contributed by atoms with Gasteiger partial charge in [-0.25, -0.2) is 0 Å². The van der Waals surface area contributed by atoms with Crippen molar-refractivity contribution in [3.8, 4) is 0 Å². The minimum absolute atomic E-state index is 0.535. The van der Waals surface area contributed by atoms with Crippen LogP contribution in [-0.2, 0) is 6.54 Å². The molecule has 4 heteroatoms. The lowest BCUT2D eigenvalue weighted by Crippen LogP contribution is -2.29. The van der Waals surface area contributed by atoms with Crippen molar-refractivity contribution in [2.45, 2.75) is 30.8 Å². The van der Waals surface area contributed by atoms with E-state index in [0.717, 1.165) is 24.4 Å². The molecule has 20 heavy (non-hydrogen) atoms. The van der Waals surface area contributed by atoms with E-state index in [-0.39, 0.29) is 0 Å². The Balaban J connectivity index is 1.73. The van der Waals surface area contributed by atoms with Crippen LogP contribution in [0.5, 0.6) is 0 Å². The Hall–Kier alpha value is -1.39. The molecule has 1 unspecified atom stereocenters. The first-order chi connectivity index (χ1) is 9.75. The van der Waals surface area contributed by atoms with Crippen molar-refractivity contribution in [1.82, 2.24) is 14.9 Å². The van der Waals surface area contributed by atoms with Gasteiger partial charge in [0.2, 0.25) is 0 Å². The Morgan fingerprint density at radius 1 is 1.20 bits per heavy atom. The monoisotopic (exact) mass is 287 g/mol. The third-order valence-electron chi connectivity index (χ3n) is 3.33. The topological polar surface area (TPSA) is 29.0 Å². The summed E-state index contributed by atoms with van der Waals surface area (Å²) in [6, 6.07) is 11.1. The van der Waals surface area contributed by atoms with Crippen LogP contribution in [0.2, 0.25) is 0 Å². The van der Waals surface area contributed by atoms with Crippen LogP contribution in [0.25, 0.3) is 0 Å². The minimum atomic E-state index is 0.535. The third-order valence-corrected chi connectivity index (χ3v) is 4.37. The van der Waals surface area contributed by atoms with Gasteiger partial charge in [0, 0.05) is 36.1 Å². The van der Waals surface area contributed by atoms with Crippen LogP contribution in [-0.4, -0.2) is 33.7 Å². The first-order valence-electron chi connectivity index (χ1n) is 6.88. The number of aromatic nitrogens is 2. The second-order valence-electron chi connectivity index (χ2n) is 4.91. The Kier molecular flexibility index (Phi) is 6.02. The molecule has 0 radical (unpaired) electrons. The summed E-state index contributed by atoms with van der Waals surface area (Å²) in [7, 11) is 2.15. The van der Waals surface area contributed by atoms with Crippen LogP contribution in [0.15, 0.2) is 53.8 Å². The summed E-state index contributed by atoms with van der Waals surface area (Å²) < 4.78 is 0. The molecule has 2 aromatic rings. The summed E-state index contributed by atoms with van der Waals surface area (Å²) >= 11 is 1.92. The fourth-order valence-electron chi connectivity index (χ4n) is 1.91. The van der Waals surface area contributed by atoms with Gasteiger partial charge in [-0.3, -0.25) is 14.9 Å². The molecule has 0 N–H and O–H groups in total. The van der Waals surface area contributed by atoms with E-state index in [4.69, 9.17) is 0 Å². The molecule has 1 heterocycles. The minimum Gasteiger partial charge on any atom is -0.298 e. The van der Waals surface area contributed by atoms with E-state index in [0.29, 0.717) is 6.04 Å². The summed E-state index contributed by atoms with van der Waals surface area (Å²) in [6.07, 6.45) is 6.46. The molecule has 0 saturated carbocycles. The summed E-state index contributed by atoms with van der Waals surface area (Å²) in [5.74, 6) is 1.13. The van der Waals surface area contributed by atoms with Crippen LogP contribution in [0.4, 0.5) is 0 Å². The summed E-state index contributed by atoms with van der Waals surface area (Å²) in [5.41, 5.74) is 1.03. The zero-order valence-electron chi connectivity index (χ0n) is 12.1. The molecule has 0 spiro atoms. The quantitative estimate of drug-likeness (QED) is 0.729. The molecule has 106 valence electrons. The van der Waals surface area contributed by atoms with Crippen molar-refractivity contribution in [1.29, 1.82) is 0 Å². The second-order valence-corrected chi connectivity index (χ2v) is 6.08. The van der Waals surface area contributed by atoms with Gasteiger partial charge in [-0.2, -0.15) is 0 Å². The largest absolute Gasteiger partial charge is 0.298 e. The zero-order chi connectivity index (χ0) is 14.2. The molecule has 0 amide bonds. The van der Waals surface area contributed by atoms with Crippen LogP contribution in [0.1, 0.15) is 19.0 Å². The summed E-state index contributed by atoms with van der Waals surface area (Å²) in [5, 5.41) is 0. The number of hydrogen-bond donors (Lipinski definition) is 0. The molecule has 0 aliphatic rings. The SMILES string of the molecule is CC(CCSc1ccccc1)N(C)Cc1cnccn1. The highest BCUT2D eigenvalue weighted by Gasteiger charge is 2.10. The van der Waals surface area contributed by atoms with Crippen molar-refractivity contribution in [2.24, 2.45) is 0 Å². The Labute approximate surface area is 125 Å². The number of benzene rings is 1. The molecule has 1 aromatic carbocycles. The number of nitrogens with zero attached hydrogens (tertiary/aromatic N) is 3. The highest BCUT2D eigenvalue weighted by atomic mass is 32.2. The molecule has 1 aromatic heterocycles. The van der Waals surface area contributed by atoms with Crippen molar-refractivity contribution >= 4 is 11.8 Å². The Morgan fingerprint density at radius 3 is 2.70 bits per heavy atom. The Bertz CT molecular complexity index is 490. The van der Waals surface area contributed by atoms with Gasteiger partial charge >= 0.3 is 0 Å². The van der Waals surface area contributed by atoms with E-state index in [1.807, 2.05) is 18.0 Å². The lowest BCUT2D eigenvalue weighted by molar-refractivity contribution is 0.242. The maximum Gasteiger partial charge on any atom is 0.0726 e. The van der Waals surface area contributed by atoms with Crippen LogP contribution in [0.3, 0.4) is 0 Å². The van der Waals surface area contributed by atoms with Gasteiger partial charge in [0.05, 0.1) is 5.69 Å². The van der Waals surface area contributed by atoms with E-state index in [9.17, 15) is 0 Å². The van der Waals surface area contributed by atoms with Gasteiger partial charge in [-0.05, 0) is 38.3 Å². The molecule has 0 aliphatic carbocycles. The van der Waals surface area contributed by atoms with Gasteiger partial charge in [-0.15, -0.1) is 11.8 Å². The van der Waals surface area contributed by atoms with E-state index >= 15 is 0 Å². The van der Waals surface area contributed by atoms with Crippen molar-refractivity contribution in [2.75, 3.05) is 12.8 Å². The predicted molar refractivity (Wildman–Crippen MR) is 84.7 cm³/mol. The first-order valence-corrected chi connectivity index (χ1v) is 7.87. The molecular formula is C16H21N3S. The maximum atomic E-state index is 4.32. The second kappa shape index (κ2) is 8.02. The van der Waals surface area contributed by atoms with Gasteiger partial charge in [-0.1, -0.05) is 18.2 Å². The molecule has 1 atom stereocenters. The number of hydrogen-bond acceptors (Lipinski definition) is 4. The van der Waals surface area contributed by atoms with Crippen molar-refractivity contribution < 1.29 is 0 Å². The van der Waals surface area contributed by atoms with Gasteiger partial charge in [0.15, 0.2) is 0 Å². The van der Waals surface area contributed by atoms with Crippen LogP contribution in [0, 0.1) is 0 Å². The number of rotatable bonds is 7. The summed E-state index contributed by atoms with van der Waals surface area (Å²) in [4.78, 5) is 12.1. The number of thioether (sulfide) groups is 1. The van der Waals surface area contributed by atoms with E-state index in [1.165, 1.54) is 4.90 Å². The normalized spacial score (nSPS) is 12.6. The molecule has 0 bridgehead atoms. The smallest absolute Gasteiger partial charge is 0.0726 e. The molecular weight excluding hydrogens is 266 g/mol. The van der Waals surface area contributed by atoms with Gasteiger partial charge in [0.25, 0.3) is 0 Å². The zero-order valence-corrected chi connectivity index (χ0v) is 12.9. The van der Waals surface area contributed by atoms with Gasteiger partial charge < -0.3 is 0 Å². The third kappa shape index (κ3) is 4.94. The molecule has 2 rings (SSSR count). The van der Waals surface area contributed by atoms with E-state index in [1.54, 1.807) is 12.4 Å². The highest BCUT2D eigenvalue weighted by molar-refractivity contribution is 7.99. The molecule has 0 fully saturated rings. The molecule has 3 nitrogen and oxygen atoms in total. The highest BCUT2D eigenvalue weighted by Crippen LogP contribution is 2.19. The standard InChI is InChI=1S/C16H21N3S/c1-14(8-11-20-16-6-4-3-5-7-16)19(2)13-15-12-17-9-10-18-15/h3-7,9-10,12,14H,8,11,13H2,1-2H3. The lowest BCUT2D eigenvalue weighted by atomic mass is 10.2. The molecule has 0 aliphatic heterocycles. The lowest BCUT2D eigenvalue weighted by Gasteiger charge is -2.24. The Morgan fingerprint density at radius 2 is 2.00 bits per heavy atom. The van der Waals surface area contributed by atoms with E-state index in [2.05, 4.69) is 59.2 Å². The van der Waals surface area contributed by atoms with E-state index < -0.39 is 0 Å². The van der Waals surface area contributed by atoms with Crippen molar-refractivity contribution in [3.05, 3.63) is 54.6 Å². The van der Waals surface area contributed by atoms with Gasteiger partial charge in [0.1, 0.15) is 0 Å². The fourth-order valence-corrected chi connectivity index (χ4v) is 2.95. The average molecular weight is 287 g/mol. The molecule has 0 saturated heterocycles. The van der Waals surface area contributed by atoms with Crippen LogP contribution < -0.4 is 0 Å². The summed E-state index contributed by atoms with van der Waals surface area (Å²) in [6.45, 7) is 3.12. The predicted octanol–water partition coefficient (Wildman–Crippen LogP) is 3.48. The van der Waals surface area contributed by atoms with Crippen molar-refractivity contribution in [3.63, 3.8) is 0 Å². The average Bonchev–Trinajstić information content (AvgIpc) is 2.49. The van der Waals surface area contributed by atoms with Crippen LogP contribution >= 0.6 is 11.8 Å². The fraction of sp³-hybridized carbons (Fsp3) is 0.375.